The predicted molar refractivity (Wildman–Crippen MR) is 42.1 cm³/mol. The molecule has 0 bridgehead atoms. The fourth-order valence-corrected chi connectivity index (χ4v) is 2.03. The first-order valence-corrected chi connectivity index (χ1v) is 5.44. The highest BCUT2D eigenvalue weighted by Crippen LogP contribution is 2.20. The fourth-order valence-electron chi connectivity index (χ4n) is 1.07. The topological polar surface area (TPSA) is 66.4 Å². The SMILES string of the molecule is CC(C1(O)CNC1)S(C)(=O)=O. The zero-order valence-electron chi connectivity index (χ0n) is 6.66. The Balaban J connectivity index is 2.76. The van der Waals surface area contributed by atoms with Crippen LogP contribution in [-0.4, -0.2) is 43.7 Å². The molecular weight excluding hydrogens is 166 g/mol. The standard InChI is InChI=1S/C6H13NO3S/c1-5(11(2,9)10)6(8)3-7-4-6/h5,7-8H,3-4H2,1-2H3. The molecule has 66 valence electrons. The van der Waals surface area contributed by atoms with Crippen molar-refractivity contribution < 1.29 is 13.5 Å². The van der Waals surface area contributed by atoms with Crippen molar-refractivity contribution in [1.29, 1.82) is 0 Å². The molecule has 0 amide bonds. The van der Waals surface area contributed by atoms with Gasteiger partial charge in [0, 0.05) is 19.3 Å². The summed E-state index contributed by atoms with van der Waals surface area (Å²) in [5.41, 5.74) is -1.03. The van der Waals surface area contributed by atoms with Crippen LogP contribution in [0.3, 0.4) is 0 Å². The van der Waals surface area contributed by atoms with Gasteiger partial charge in [-0.15, -0.1) is 0 Å². The number of hydrogen-bond donors (Lipinski definition) is 2. The Kier molecular flexibility index (Phi) is 1.98. The van der Waals surface area contributed by atoms with Crippen LogP contribution in [0.5, 0.6) is 0 Å². The van der Waals surface area contributed by atoms with E-state index in [2.05, 4.69) is 5.32 Å². The van der Waals surface area contributed by atoms with Crippen LogP contribution in [0.2, 0.25) is 0 Å². The number of hydrogen-bond acceptors (Lipinski definition) is 4. The molecule has 1 heterocycles. The van der Waals surface area contributed by atoms with E-state index >= 15 is 0 Å². The van der Waals surface area contributed by atoms with E-state index in [4.69, 9.17) is 0 Å². The quantitative estimate of drug-likeness (QED) is 0.556. The molecule has 11 heavy (non-hydrogen) atoms. The maximum absolute atomic E-state index is 11.0. The van der Waals surface area contributed by atoms with Crippen molar-refractivity contribution in [3.63, 3.8) is 0 Å². The normalized spacial score (nSPS) is 25.7. The van der Waals surface area contributed by atoms with Crippen LogP contribution in [0, 0.1) is 0 Å². The van der Waals surface area contributed by atoms with E-state index in [9.17, 15) is 13.5 Å². The van der Waals surface area contributed by atoms with E-state index in [1.54, 1.807) is 0 Å². The van der Waals surface area contributed by atoms with E-state index in [0.29, 0.717) is 13.1 Å². The first-order valence-electron chi connectivity index (χ1n) is 3.48. The van der Waals surface area contributed by atoms with Gasteiger partial charge in [0.1, 0.15) is 5.60 Å². The Morgan fingerprint density at radius 2 is 2.00 bits per heavy atom. The van der Waals surface area contributed by atoms with E-state index in [0.717, 1.165) is 6.26 Å². The van der Waals surface area contributed by atoms with Gasteiger partial charge in [0.25, 0.3) is 0 Å². The number of rotatable bonds is 2. The average molecular weight is 179 g/mol. The number of aliphatic hydroxyl groups is 1. The molecule has 0 aromatic carbocycles. The minimum Gasteiger partial charge on any atom is -0.386 e. The van der Waals surface area contributed by atoms with E-state index < -0.39 is 20.7 Å². The molecule has 1 rings (SSSR count). The van der Waals surface area contributed by atoms with Crippen molar-refractivity contribution in [2.24, 2.45) is 0 Å². The van der Waals surface area contributed by atoms with E-state index in [1.165, 1.54) is 6.92 Å². The second kappa shape index (κ2) is 2.43. The molecule has 4 nitrogen and oxygen atoms in total. The maximum atomic E-state index is 11.0. The van der Waals surface area contributed by atoms with Gasteiger partial charge < -0.3 is 10.4 Å². The van der Waals surface area contributed by atoms with Crippen LogP contribution in [-0.2, 0) is 9.84 Å². The lowest BCUT2D eigenvalue weighted by molar-refractivity contribution is -0.00935. The molecule has 1 atom stereocenters. The van der Waals surface area contributed by atoms with Gasteiger partial charge in [-0.05, 0) is 6.92 Å². The van der Waals surface area contributed by atoms with Gasteiger partial charge in [-0.25, -0.2) is 8.42 Å². The third-order valence-electron chi connectivity index (χ3n) is 2.26. The first kappa shape index (κ1) is 8.96. The lowest BCUT2D eigenvalue weighted by atomic mass is 9.94. The van der Waals surface area contributed by atoms with Crippen molar-refractivity contribution in [1.82, 2.24) is 5.32 Å². The molecule has 0 aliphatic carbocycles. The predicted octanol–water partition coefficient (Wildman–Crippen LogP) is -1.25. The minimum absolute atomic E-state index is 0.376. The molecule has 5 heteroatoms. The summed E-state index contributed by atoms with van der Waals surface area (Å²) in [6.07, 6.45) is 1.15. The Morgan fingerprint density at radius 3 is 2.09 bits per heavy atom. The minimum atomic E-state index is -3.11. The highest BCUT2D eigenvalue weighted by atomic mass is 32.2. The van der Waals surface area contributed by atoms with Gasteiger partial charge in [0.2, 0.25) is 0 Å². The van der Waals surface area contributed by atoms with Crippen molar-refractivity contribution >= 4 is 9.84 Å². The second-order valence-corrected chi connectivity index (χ2v) is 5.55. The third kappa shape index (κ3) is 1.55. The molecule has 1 fully saturated rings. The van der Waals surface area contributed by atoms with Gasteiger partial charge in [0.15, 0.2) is 9.84 Å². The van der Waals surface area contributed by atoms with Crippen molar-refractivity contribution in [2.45, 2.75) is 17.8 Å². The summed E-state index contributed by atoms with van der Waals surface area (Å²) in [7, 11) is -3.11. The summed E-state index contributed by atoms with van der Waals surface area (Å²) in [6, 6.07) is 0. The molecule has 0 aromatic heterocycles. The smallest absolute Gasteiger partial charge is 0.152 e. The zero-order chi connectivity index (χ0) is 8.70. The second-order valence-electron chi connectivity index (χ2n) is 3.18. The third-order valence-corrected chi connectivity index (χ3v) is 3.98. The number of sulfone groups is 1. The van der Waals surface area contributed by atoms with E-state index in [-0.39, 0.29) is 0 Å². The van der Waals surface area contributed by atoms with E-state index in [1.807, 2.05) is 0 Å². The van der Waals surface area contributed by atoms with Crippen LogP contribution in [0.15, 0.2) is 0 Å². The van der Waals surface area contributed by atoms with Gasteiger partial charge in [-0.3, -0.25) is 0 Å². The fraction of sp³-hybridized carbons (Fsp3) is 1.00. The molecule has 0 aromatic rings. The van der Waals surface area contributed by atoms with Crippen molar-refractivity contribution in [3.05, 3.63) is 0 Å². The summed E-state index contributed by atoms with van der Waals surface area (Å²) in [4.78, 5) is 0. The van der Waals surface area contributed by atoms with Gasteiger partial charge in [0.05, 0.1) is 5.25 Å². The molecule has 0 radical (unpaired) electrons. The lowest BCUT2D eigenvalue weighted by Gasteiger charge is -2.41. The van der Waals surface area contributed by atoms with Gasteiger partial charge in [-0.1, -0.05) is 0 Å². The van der Waals surface area contributed by atoms with Crippen LogP contribution in [0.25, 0.3) is 0 Å². The maximum Gasteiger partial charge on any atom is 0.152 e. The molecule has 1 unspecified atom stereocenters. The lowest BCUT2D eigenvalue weighted by Crippen LogP contribution is -2.66. The summed E-state index contributed by atoms with van der Waals surface area (Å²) in [5.74, 6) is 0. The number of β-amino-alcohol motifs (C(OH)–C–C–N with tert-alkyl or cyclic N) is 1. The van der Waals surface area contributed by atoms with Crippen LogP contribution < -0.4 is 5.32 Å². The van der Waals surface area contributed by atoms with Crippen molar-refractivity contribution in [2.75, 3.05) is 19.3 Å². The Hall–Kier alpha value is -0.130. The molecule has 0 spiro atoms. The van der Waals surface area contributed by atoms with Gasteiger partial charge in [-0.2, -0.15) is 0 Å². The summed E-state index contributed by atoms with van der Waals surface area (Å²) >= 11 is 0. The Morgan fingerprint density at radius 1 is 1.55 bits per heavy atom. The molecule has 1 aliphatic heterocycles. The zero-order valence-corrected chi connectivity index (χ0v) is 7.48. The average Bonchev–Trinajstić information content (AvgIpc) is 1.79. The monoisotopic (exact) mass is 179 g/mol. The summed E-state index contributed by atoms with van der Waals surface area (Å²) in [6.45, 7) is 2.29. The summed E-state index contributed by atoms with van der Waals surface area (Å²) < 4.78 is 22.0. The summed E-state index contributed by atoms with van der Waals surface area (Å²) in [5, 5.41) is 11.7. The molecule has 1 aliphatic rings. The molecule has 1 saturated heterocycles. The molecule has 0 saturated carbocycles. The Labute approximate surface area is 66.5 Å². The van der Waals surface area contributed by atoms with Crippen LogP contribution in [0.4, 0.5) is 0 Å². The first-order chi connectivity index (χ1) is 4.86. The molecular formula is C6H13NO3S. The van der Waals surface area contributed by atoms with Crippen molar-refractivity contribution in [3.8, 4) is 0 Å². The van der Waals surface area contributed by atoms with Crippen LogP contribution in [0.1, 0.15) is 6.92 Å². The number of nitrogens with one attached hydrogen (secondary N) is 1. The van der Waals surface area contributed by atoms with Gasteiger partial charge >= 0.3 is 0 Å². The molecule has 2 N–H and O–H groups in total. The Bertz CT molecular complexity index is 243. The largest absolute Gasteiger partial charge is 0.386 e. The highest BCUT2D eigenvalue weighted by Gasteiger charge is 2.44. The highest BCUT2D eigenvalue weighted by molar-refractivity contribution is 7.91. The van der Waals surface area contributed by atoms with Crippen LogP contribution >= 0.6 is 0 Å².